The van der Waals surface area contributed by atoms with Crippen LogP contribution in [0.15, 0.2) is 138 Å². The molecule has 0 bridgehead atoms. The first-order valence-corrected chi connectivity index (χ1v) is 23.4. The van der Waals surface area contributed by atoms with Gasteiger partial charge in [-0.1, -0.05) is 134 Å². The van der Waals surface area contributed by atoms with E-state index in [-0.39, 0.29) is 20.1 Å². The molecule has 0 aliphatic rings. The van der Waals surface area contributed by atoms with Gasteiger partial charge in [0.15, 0.2) is 0 Å². The molecule has 6 heteroatoms. The fraction of sp³-hybridized carbons (Fsp3) is 0.192. The zero-order chi connectivity index (χ0) is 39.8. The molecule has 0 N–H and O–H groups in total. The quantitative estimate of drug-likeness (QED) is 0.118. The van der Waals surface area contributed by atoms with Crippen molar-refractivity contribution in [3.05, 3.63) is 168 Å². The summed E-state index contributed by atoms with van der Waals surface area (Å²) in [7, 11) is -1.40. The Labute approximate surface area is 357 Å². The molecule has 0 aliphatic carbocycles. The van der Waals surface area contributed by atoms with E-state index in [4.69, 9.17) is 14.4 Å². The van der Waals surface area contributed by atoms with Crippen LogP contribution in [0.1, 0.15) is 36.1 Å². The summed E-state index contributed by atoms with van der Waals surface area (Å²) in [5.41, 5.74) is 15.5. The molecule has 9 rings (SSSR count). The molecule has 4 nitrogen and oxygen atoms in total. The van der Waals surface area contributed by atoms with Crippen molar-refractivity contribution in [3.63, 3.8) is 0 Å². The van der Waals surface area contributed by atoms with E-state index in [2.05, 4.69) is 162 Å². The van der Waals surface area contributed by atoms with Crippen LogP contribution in [0.2, 0.25) is 19.6 Å². The van der Waals surface area contributed by atoms with E-state index >= 15 is 0 Å². The normalized spacial score (nSPS) is 11.5. The average Bonchev–Trinajstić information content (AvgIpc) is 3.76. The largest absolute Gasteiger partial charge is 0.501 e. The Bertz CT molecular complexity index is 2860. The van der Waals surface area contributed by atoms with Gasteiger partial charge in [0, 0.05) is 37.4 Å². The van der Waals surface area contributed by atoms with Gasteiger partial charge in [0.2, 0.25) is 0 Å². The number of benzene rings is 6. The molecule has 3 aromatic heterocycles. The smallest absolute Gasteiger partial charge is 0.120 e. The van der Waals surface area contributed by atoms with Crippen molar-refractivity contribution in [3.8, 4) is 39.5 Å². The van der Waals surface area contributed by atoms with Crippen LogP contribution in [0.5, 0.6) is 0 Å². The molecular formula is C52H49IrN3OSi-2. The van der Waals surface area contributed by atoms with Gasteiger partial charge in [0.25, 0.3) is 0 Å². The van der Waals surface area contributed by atoms with Crippen LogP contribution >= 0.6 is 0 Å². The molecular weight excluding hydrogens is 903 g/mol. The van der Waals surface area contributed by atoms with E-state index in [1.165, 1.54) is 38.6 Å². The Morgan fingerprint density at radius 2 is 1.41 bits per heavy atom. The van der Waals surface area contributed by atoms with E-state index in [1.54, 1.807) is 0 Å². The van der Waals surface area contributed by atoms with E-state index in [9.17, 15) is 0 Å². The molecule has 0 spiro atoms. The molecule has 0 saturated heterocycles. The third kappa shape index (κ3) is 8.15. The van der Waals surface area contributed by atoms with Crippen molar-refractivity contribution >= 4 is 46.2 Å². The minimum absolute atomic E-state index is 0. The molecule has 9 aromatic rings. The van der Waals surface area contributed by atoms with Gasteiger partial charge >= 0.3 is 0 Å². The average molecular weight is 952 g/mol. The topological polar surface area (TPSA) is 43.9 Å². The molecule has 0 saturated carbocycles. The predicted octanol–water partition coefficient (Wildman–Crippen LogP) is 13.3. The standard InChI is InChI=1S/C28H21N2O.C24H28NSi.Ir/c1-17-15-18(2)26(19(3)16-17)30-24-13-6-5-12-23(24)29-28(30)22-11-8-10-21-20-9-4-7-14-25(20)31-27(21)22;1-18(2)14-22-16-23(25-17-24(22)26(3,4)5)21-13-9-12-20(15-21)19-10-7-6-8-11-19;/h4-10,12-16H,1-3H3;6-12,15-18H,14H2,1-5H3;/q2*-1;. The molecule has 0 unspecified atom stereocenters. The Morgan fingerprint density at radius 3 is 2.16 bits per heavy atom. The van der Waals surface area contributed by atoms with Gasteiger partial charge in [0.05, 0.1) is 30.5 Å². The summed E-state index contributed by atoms with van der Waals surface area (Å²) < 4.78 is 8.58. The number of hydrogen-bond acceptors (Lipinski definition) is 3. The van der Waals surface area contributed by atoms with Crippen LogP contribution in [0, 0.1) is 38.8 Å². The number of furan rings is 1. The predicted molar refractivity (Wildman–Crippen MR) is 242 cm³/mol. The zero-order valence-electron chi connectivity index (χ0n) is 34.6. The summed E-state index contributed by atoms with van der Waals surface area (Å²) in [5, 5.41) is 3.67. The number of hydrogen-bond donors (Lipinski definition) is 0. The maximum absolute atomic E-state index is 6.32. The number of para-hydroxylation sites is 3. The van der Waals surface area contributed by atoms with Crippen molar-refractivity contribution in [1.29, 1.82) is 0 Å². The van der Waals surface area contributed by atoms with Crippen LogP contribution in [0.4, 0.5) is 0 Å². The third-order valence-corrected chi connectivity index (χ3v) is 12.7. The summed E-state index contributed by atoms with van der Waals surface area (Å²) in [4.78, 5) is 9.88. The number of imidazole rings is 1. The van der Waals surface area contributed by atoms with Gasteiger partial charge in [-0.25, -0.2) is 0 Å². The Kier molecular flexibility index (Phi) is 11.8. The van der Waals surface area contributed by atoms with Crippen LogP contribution in [-0.4, -0.2) is 22.6 Å². The second-order valence-electron chi connectivity index (χ2n) is 16.6. The zero-order valence-corrected chi connectivity index (χ0v) is 38.0. The molecule has 0 atom stereocenters. The Morgan fingerprint density at radius 1 is 0.724 bits per heavy atom. The fourth-order valence-electron chi connectivity index (χ4n) is 8.15. The van der Waals surface area contributed by atoms with Gasteiger partial charge in [-0.2, -0.15) is 0 Å². The maximum atomic E-state index is 6.32. The number of aryl methyl sites for hydroxylation is 3. The number of aromatic nitrogens is 3. The second kappa shape index (κ2) is 16.8. The summed E-state index contributed by atoms with van der Waals surface area (Å²) in [6.07, 6.45) is 3.23. The number of fused-ring (bicyclic) bond motifs is 4. The van der Waals surface area contributed by atoms with Gasteiger partial charge in [-0.15, -0.1) is 53.6 Å². The van der Waals surface area contributed by atoms with Crippen molar-refractivity contribution < 1.29 is 24.5 Å². The summed E-state index contributed by atoms with van der Waals surface area (Å²) >= 11 is 0. The summed E-state index contributed by atoms with van der Waals surface area (Å²) in [6, 6.07) is 50.9. The van der Waals surface area contributed by atoms with E-state index in [0.717, 1.165) is 67.7 Å². The van der Waals surface area contributed by atoms with E-state index in [0.29, 0.717) is 5.92 Å². The van der Waals surface area contributed by atoms with Crippen molar-refractivity contribution in [2.24, 2.45) is 5.92 Å². The van der Waals surface area contributed by atoms with Crippen molar-refractivity contribution in [2.75, 3.05) is 0 Å². The minimum Gasteiger partial charge on any atom is -0.501 e. The Balaban J connectivity index is 0.000000177. The monoisotopic (exact) mass is 952 g/mol. The molecule has 0 amide bonds. The van der Waals surface area contributed by atoms with Crippen LogP contribution < -0.4 is 5.19 Å². The summed E-state index contributed by atoms with van der Waals surface area (Å²) in [5.74, 6) is 1.49. The number of rotatable bonds is 7. The van der Waals surface area contributed by atoms with Gasteiger partial charge in [-0.05, 0) is 78.9 Å². The van der Waals surface area contributed by atoms with Gasteiger partial charge < -0.3 is 14.0 Å². The molecule has 0 fully saturated rings. The SMILES string of the molecule is CC(C)Cc1cc(-c2[c-]ccc(-c3ccccc3)c2)ncc1[Si](C)(C)C.Cc1cc(C)c(-n2c(-c3[c-]ccc4c3oc3ccccc34)nc3ccccc32)c(C)c1.[Ir]. The molecule has 293 valence electrons. The van der Waals surface area contributed by atoms with Crippen molar-refractivity contribution in [1.82, 2.24) is 14.5 Å². The first-order chi connectivity index (χ1) is 27.5. The maximum Gasteiger partial charge on any atom is 0.120 e. The van der Waals surface area contributed by atoms with Crippen LogP contribution in [0.3, 0.4) is 0 Å². The molecule has 6 aromatic carbocycles. The van der Waals surface area contributed by atoms with Gasteiger partial charge in [0.1, 0.15) is 5.58 Å². The Hall–Kier alpha value is -5.39. The minimum atomic E-state index is -1.40. The second-order valence-corrected chi connectivity index (χ2v) is 21.7. The van der Waals surface area contributed by atoms with Gasteiger partial charge in [-0.3, -0.25) is 4.98 Å². The molecule has 1 radical (unpaired) electrons. The molecule has 58 heavy (non-hydrogen) atoms. The van der Waals surface area contributed by atoms with Crippen LogP contribution in [-0.2, 0) is 26.5 Å². The number of nitrogens with zero attached hydrogens (tertiary/aromatic N) is 3. The van der Waals surface area contributed by atoms with E-state index in [1.807, 2.05) is 42.5 Å². The fourth-order valence-corrected chi connectivity index (χ4v) is 9.74. The van der Waals surface area contributed by atoms with E-state index < -0.39 is 8.07 Å². The van der Waals surface area contributed by atoms with Crippen molar-refractivity contribution in [2.45, 2.75) is 60.7 Å². The first-order valence-electron chi connectivity index (χ1n) is 19.9. The van der Waals surface area contributed by atoms with Crippen LogP contribution in [0.25, 0.3) is 72.4 Å². The third-order valence-electron chi connectivity index (χ3n) is 10.6. The molecule has 3 heterocycles. The molecule has 0 aliphatic heterocycles. The number of pyridine rings is 1. The first kappa shape index (κ1) is 40.8. The summed E-state index contributed by atoms with van der Waals surface area (Å²) in [6.45, 7) is 18.2.